The predicted molar refractivity (Wildman–Crippen MR) is 90.4 cm³/mol. The van der Waals surface area contributed by atoms with Crippen molar-refractivity contribution in [1.29, 1.82) is 0 Å². The predicted octanol–water partition coefficient (Wildman–Crippen LogP) is 2.23. The van der Waals surface area contributed by atoms with E-state index in [-0.39, 0.29) is 36.2 Å². The summed E-state index contributed by atoms with van der Waals surface area (Å²) in [5.41, 5.74) is 8.04. The Kier molecular flexibility index (Phi) is 6.84. The van der Waals surface area contributed by atoms with Gasteiger partial charge >= 0.3 is 0 Å². The van der Waals surface area contributed by atoms with Crippen molar-refractivity contribution in [2.45, 2.75) is 38.6 Å². The van der Waals surface area contributed by atoms with E-state index in [9.17, 15) is 9.59 Å². The molecule has 0 radical (unpaired) electrons. The Morgan fingerprint density at radius 2 is 2.05 bits per heavy atom. The Hall–Kier alpha value is -1.59. The molecule has 0 saturated heterocycles. The van der Waals surface area contributed by atoms with Gasteiger partial charge in [0.1, 0.15) is 0 Å². The SMILES string of the molecule is CNC(=O)c1cccc(NC(=O)C[C@@H]2CCC[C@H]2N)c1C.Cl. The summed E-state index contributed by atoms with van der Waals surface area (Å²) in [4.78, 5) is 23.9. The van der Waals surface area contributed by atoms with E-state index in [2.05, 4.69) is 10.6 Å². The maximum absolute atomic E-state index is 12.1. The molecule has 5 nitrogen and oxygen atoms in total. The summed E-state index contributed by atoms with van der Waals surface area (Å²) in [5.74, 6) is 0.0864. The summed E-state index contributed by atoms with van der Waals surface area (Å²) < 4.78 is 0. The fraction of sp³-hybridized carbons (Fsp3) is 0.500. The van der Waals surface area contributed by atoms with Crippen LogP contribution < -0.4 is 16.4 Å². The van der Waals surface area contributed by atoms with Gasteiger partial charge in [-0.05, 0) is 43.4 Å². The van der Waals surface area contributed by atoms with Crippen molar-refractivity contribution in [3.63, 3.8) is 0 Å². The van der Waals surface area contributed by atoms with Crippen LogP contribution in [0.3, 0.4) is 0 Å². The molecule has 0 unspecified atom stereocenters. The number of benzene rings is 1. The fourth-order valence-electron chi connectivity index (χ4n) is 2.91. The number of anilines is 1. The van der Waals surface area contributed by atoms with Crippen molar-refractivity contribution in [3.8, 4) is 0 Å². The number of nitrogens with two attached hydrogens (primary N) is 1. The summed E-state index contributed by atoms with van der Waals surface area (Å²) in [5, 5.41) is 5.50. The highest BCUT2D eigenvalue weighted by atomic mass is 35.5. The molecule has 0 bridgehead atoms. The zero-order valence-corrected chi connectivity index (χ0v) is 13.8. The smallest absolute Gasteiger partial charge is 0.251 e. The van der Waals surface area contributed by atoms with Gasteiger partial charge in [0.05, 0.1) is 0 Å². The van der Waals surface area contributed by atoms with Crippen LogP contribution >= 0.6 is 12.4 Å². The lowest BCUT2D eigenvalue weighted by atomic mass is 9.99. The van der Waals surface area contributed by atoms with Crippen LogP contribution in [0.2, 0.25) is 0 Å². The van der Waals surface area contributed by atoms with Crippen molar-refractivity contribution < 1.29 is 9.59 Å². The molecule has 6 heteroatoms. The first-order valence-corrected chi connectivity index (χ1v) is 7.40. The Labute approximate surface area is 137 Å². The third-order valence-electron chi connectivity index (χ3n) is 4.25. The van der Waals surface area contributed by atoms with E-state index in [1.165, 1.54) is 0 Å². The Morgan fingerprint density at radius 1 is 1.32 bits per heavy atom. The van der Waals surface area contributed by atoms with Gasteiger partial charge in [-0.3, -0.25) is 9.59 Å². The van der Waals surface area contributed by atoms with Crippen LogP contribution in [0, 0.1) is 12.8 Å². The van der Waals surface area contributed by atoms with E-state index >= 15 is 0 Å². The van der Waals surface area contributed by atoms with E-state index < -0.39 is 0 Å². The molecule has 1 aliphatic carbocycles. The maximum Gasteiger partial charge on any atom is 0.251 e. The molecule has 4 N–H and O–H groups in total. The summed E-state index contributed by atoms with van der Waals surface area (Å²) in [7, 11) is 1.59. The van der Waals surface area contributed by atoms with Gasteiger partial charge in [0.2, 0.25) is 5.91 Å². The second-order valence-electron chi connectivity index (χ2n) is 5.66. The van der Waals surface area contributed by atoms with Crippen molar-refractivity contribution >= 4 is 29.9 Å². The summed E-state index contributed by atoms with van der Waals surface area (Å²) >= 11 is 0. The van der Waals surface area contributed by atoms with Crippen LogP contribution in [0.25, 0.3) is 0 Å². The molecule has 2 rings (SSSR count). The number of amides is 2. The molecule has 22 heavy (non-hydrogen) atoms. The molecule has 1 aromatic carbocycles. The van der Waals surface area contributed by atoms with Gasteiger partial charge < -0.3 is 16.4 Å². The van der Waals surface area contributed by atoms with Crippen molar-refractivity contribution in [3.05, 3.63) is 29.3 Å². The average Bonchev–Trinajstić information content (AvgIpc) is 2.85. The molecular weight excluding hydrogens is 302 g/mol. The van der Waals surface area contributed by atoms with Gasteiger partial charge in [-0.1, -0.05) is 12.5 Å². The molecule has 1 fully saturated rings. The van der Waals surface area contributed by atoms with E-state index in [1.807, 2.05) is 13.0 Å². The summed E-state index contributed by atoms with van der Waals surface area (Å²) in [6, 6.07) is 5.47. The maximum atomic E-state index is 12.1. The zero-order chi connectivity index (χ0) is 15.4. The van der Waals surface area contributed by atoms with Gasteiger partial charge in [0.15, 0.2) is 0 Å². The fourth-order valence-corrected chi connectivity index (χ4v) is 2.91. The second-order valence-corrected chi connectivity index (χ2v) is 5.66. The van der Waals surface area contributed by atoms with Crippen LogP contribution in [0.15, 0.2) is 18.2 Å². The third-order valence-corrected chi connectivity index (χ3v) is 4.25. The number of hydrogen-bond donors (Lipinski definition) is 3. The molecule has 0 aromatic heterocycles. The third kappa shape index (κ3) is 4.21. The van der Waals surface area contributed by atoms with E-state index in [4.69, 9.17) is 5.73 Å². The topological polar surface area (TPSA) is 84.2 Å². The first-order chi connectivity index (χ1) is 10.0. The minimum absolute atomic E-state index is 0. The molecule has 122 valence electrons. The van der Waals surface area contributed by atoms with Crippen LogP contribution in [0.5, 0.6) is 0 Å². The Bertz CT molecular complexity index is 548. The average molecular weight is 326 g/mol. The number of carbonyl (C=O) groups is 2. The quantitative estimate of drug-likeness (QED) is 0.793. The van der Waals surface area contributed by atoms with E-state index in [0.717, 1.165) is 24.8 Å². The molecular formula is C16H24ClN3O2. The molecule has 1 aliphatic rings. The molecule has 0 heterocycles. The van der Waals surface area contributed by atoms with Crippen molar-refractivity contribution in [2.24, 2.45) is 11.7 Å². The minimum atomic E-state index is -0.151. The molecule has 1 aromatic rings. The first kappa shape index (κ1) is 18.5. The second kappa shape index (κ2) is 8.15. The van der Waals surface area contributed by atoms with Gasteiger partial charge in [0.25, 0.3) is 5.91 Å². The van der Waals surface area contributed by atoms with E-state index in [1.54, 1.807) is 19.2 Å². The van der Waals surface area contributed by atoms with Crippen LogP contribution in [0.4, 0.5) is 5.69 Å². The molecule has 0 spiro atoms. The van der Waals surface area contributed by atoms with Crippen LogP contribution in [-0.2, 0) is 4.79 Å². The van der Waals surface area contributed by atoms with Crippen molar-refractivity contribution in [2.75, 3.05) is 12.4 Å². The van der Waals surface area contributed by atoms with Gasteiger partial charge in [-0.25, -0.2) is 0 Å². The lowest BCUT2D eigenvalue weighted by Gasteiger charge is -2.16. The lowest BCUT2D eigenvalue weighted by Crippen LogP contribution is -2.28. The zero-order valence-electron chi connectivity index (χ0n) is 13.0. The van der Waals surface area contributed by atoms with E-state index in [0.29, 0.717) is 17.7 Å². The Morgan fingerprint density at radius 3 is 2.64 bits per heavy atom. The highest BCUT2D eigenvalue weighted by Crippen LogP contribution is 2.27. The highest BCUT2D eigenvalue weighted by molar-refractivity contribution is 5.99. The van der Waals surface area contributed by atoms with Crippen molar-refractivity contribution in [1.82, 2.24) is 5.32 Å². The molecule has 2 atom stereocenters. The molecule has 0 aliphatic heterocycles. The largest absolute Gasteiger partial charge is 0.355 e. The molecule has 2 amide bonds. The number of rotatable bonds is 4. The van der Waals surface area contributed by atoms with Crippen LogP contribution in [0.1, 0.15) is 41.6 Å². The first-order valence-electron chi connectivity index (χ1n) is 7.40. The Balaban J connectivity index is 0.00000242. The monoisotopic (exact) mass is 325 g/mol. The highest BCUT2D eigenvalue weighted by Gasteiger charge is 2.26. The van der Waals surface area contributed by atoms with Gasteiger partial charge in [-0.15, -0.1) is 12.4 Å². The lowest BCUT2D eigenvalue weighted by molar-refractivity contribution is -0.117. The van der Waals surface area contributed by atoms with Crippen LogP contribution in [-0.4, -0.2) is 24.9 Å². The summed E-state index contributed by atoms with van der Waals surface area (Å²) in [6.45, 7) is 1.83. The minimum Gasteiger partial charge on any atom is -0.355 e. The number of nitrogens with one attached hydrogen (secondary N) is 2. The molecule has 1 saturated carbocycles. The van der Waals surface area contributed by atoms with Gasteiger partial charge in [0, 0.05) is 30.8 Å². The summed E-state index contributed by atoms with van der Waals surface area (Å²) in [6.07, 6.45) is 3.57. The number of carbonyl (C=O) groups excluding carboxylic acids is 2. The van der Waals surface area contributed by atoms with Gasteiger partial charge in [-0.2, -0.15) is 0 Å². The number of halogens is 1. The number of hydrogen-bond acceptors (Lipinski definition) is 3. The normalized spacial score (nSPS) is 20.1. The standard InChI is InChI=1S/C16H23N3O2.ClH/c1-10-12(16(21)18-2)6-4-8-14(10)19-15(20)9-11-5-3-7-13(11)17;/h4,6,8,11,13H,3,5,7,9,17H2,1-2H3,(H,18,21)(H,19,20);1H/t11-,13+;/m0./s1.